The van der Waals surface area contributed by atoms with E-state index in [-0.39, 0.29) is 12.2 Å². The smallest absolute Gasteiger partial charge is 0.335 e. The molecule has 0 aliphatic heterocycles. The molecule has 0 aliphatic carbocycles. The van der Waals surface area contributed by atoms with Gasteiger partial charge in [-0.05, 0) is 42.5 Å². The third-order valence-electron chi connectivity index (χ3n) is 3.82. The fourth-order valence-corrected chi connectivity index (χ4v) is 2.87. The molecular formula is C21H16Cl2N2O3. The Balaban J connectivity index is 1.69. The molecule has 5 nitrogen and oxygen atoms in total. The summed E-state index contributed by atoms with van der Waals surface area (Å²) in [5, 5.41) is 14.3. The number of para-hydroxylation sites is 1. The van der Waals surface area contributed by atoms with Gasteiger partial charge in [0, 0.05) is 21.2 Å². The summed E-state index contributed by atoms with van der Waals surface area (Å²) in [4.78, 5) is 11.0. The fourth-order valence-electron chi connectivity index (χ4n) is 2.41. The minimum Gasteiger partial charge on any atom is -0.488 e. The van der Waals surface area contributed by atoms with Crippen molar-refractivity contribution in [1.82, 2.24) is 0 Å². The number of carbonyl (C=O) groups is 1. The summed E-state index contributed by atoms with van der Waals surface area (Å²) in [6.07, 6.45) is 1.60. The molecule has 0 unspecified atom stereocenters. The topological polar surface area (TPSA) is 70.9 Å². The average molecular weight is 415 g/mol. The van der Waals surface area contributed by atoms with E-state index in [1.807, 2.05) is 30.3 Å². The lowest BCUT2D eigenvalue weighted by Gasteiger charge is -2.10. The Morgan fingerprint density at radius 1 is 1.07 bits per heavy atom. The summed E-state index contributed by atoms with van der Waals surface area (Å²) < 4.78 is 5.87. The summed E-state index contributed by atoms with van der Waals surface area (Å²) in [6.45, 7) is 0.287. The molecule has 142 valence electrons. The number of hydrogen-bond acceptors (Lipinski definition) is 4. The van der Waals surface area contributed by atoms with Gasteiger partial charge in [-0.15, -0.1) is 0 Å². The standard InChI is InChI=1S/C21H16Cl2N2O3/c22-17-9-8-16(19(23)11-17)13-28-20-7-2-1-4-15(20)12-24-25-18-6-3-5-14(10-18)21(26)27/h1-12,25H,13H2,(H,26,27). The molecular weight excluding hydrogens is 399 g/mol. The molecule has 0 bridgehead atoms. The maximum absolute atomic E-state index is 11.0. The Bertz CT molecular complexity index is 1020. The molecule has 0 radical (unpaired) electrons. The van der Waals surface area contributed by atoms with Crippen LogP contribution < -0.4 is 10.2 Å². The van der Waals surface area contributed by atoms with Crippen molar-refractivity contribution in [3.63, 3.8) is 0 Å². The molecule has 0 amide bonds. The molecule has 7 heteroatoms. The summed E-state index contributed by atoms with van der Waals surface area (Å²) in [6, 6.07) is 19.1. The van der Waals surface area contributed by atoms with E-state index < -0.39 is 5.97 Å². The van der Waals surface area contributed by atoms with E-state index in [1.165, 1.54) is 12.1 Å². The van der Waals surface area contributed by atoms with Crippen LogP contribution in [0.1, 0.15) is 21.5 Å². The second kappa shape index (κ2) is 9.26. The van der Waals surface area contributed by atoms with Gasteiger partial charge in [0.1, 0.15) is 12.4 Å². The molecule has 0 saturated heterocycles. The molecule has 3 aromatic rings. The van der Waals surface area contributed by atoms with Gasteiger partial charge in [-0.3, -0.25) is 5.43 Å². The number of hydrazone groups is 1. The van der Waals surface area contributed by atoms with Gasteiger partial charge in [-0.1, -0.05) is 47.5 Å². The Morgan fingerprint density at radius 2 is 1.89 bits per heavy atom. The zero-order valence-corrected chi connectivity index (χ0v) is 16.1. The van der Waals surface area contributed by atoms with Crippen LogP contribution in [0.4, 0.5) is 5.69 Å². The molecule has 0 atom stereocenters. The van der Waals surface area contributed by atoms with Gasteiger partial charge in [0.25, 0.3) is 0 Å². The van der Waals surface area contributed by atoms with Crippen LogP contribution in [-0.4, -0.2) is 17.3 Å². The number of carboxylic acid groups (broad SMARTS) is 1. The molecule has 0 heterocycles. The highest BCUT2D eigenvalue weighted by Crippen LogP contribution is 2.24. The molecule has 0 spiro atoms. The Hall–Kier alpha value is -3.02. The highest BCUT2D eigenvalue weighted by Gasteiger charge is 2.06. The van der Waals surface area contributed by atoms with Crippen LogP contribution in [0.5, 0.6) is 5.75 Å². The Morgan fingerprint density at radius 3 is 2.68 bits per heavy atom. The number of anilines is 1. The molecule has 0 aliphatic rings. The summed E-state index contributed by atoms with van der Waals surface area (Å²) in [5.74, 6) is -0.356. The summed E-state index contributed by atoms with van der Waals surface area (Å²) in [7, 11) is 0. The minimum absolute atomic E-state index is 0.184. The number of rotatable bonds is 7. The minimum atomic E-state index is -0.993. The SMILES string of the molecule is O=C(O)c1cccc(NN=Cc2ccccc2OCc2ccc(Cl)cc2Cl)c1. The average Bonchev–Trinajstić information content (AvgIpc) is 2.68. The van der Waals surface area contributed by atoms with Crippen molar-refractivity contribution in [2.75, 3.05) is 5.43 Å². The molecule has 0 saturated carbocycles. The van der Waals surface area contributed by atoms with Crippen LogP contribution in [0.2, 0.25) is 10.0 Å². The van der Waals surface area contributed by atoms with E-state index in [2.05, 4.69) is 10.5 Å². The summed E-state index contributed by atoms with van der Waals surface area (Å²) in [5.41, 5.74) is 5.15. The number of carboxylic acids is 1. The van der Waals surface area contributed by atoms with E-state index in [0.717, 1.165) is 11.1 Å². The van der Waals surface area contributed by atoms with E-state index in [0.29, 0.717) is 21.5 Å². The van der Waals surface area contributed by atoms with Crippen molar-refractivity contribution in [3.05, 3.63) is 93.5 Å². The van der Waals surface area contributed by atoms with Crippen molar-refractivity contribution in [3.8, 4) is 5.75 Å². The third-order valence-corrected chi connectivity index (χ3v) is 4.41. The lowest BCUT2D eigenvalue weighted by Crippen LogP contribution is -2.00. The zero-order chi connectivity index (χ0) is 19.9. The van der Waals surface area contributed by atoms with Gasteiger partial charge in [0.2, 0.25) is 0 Å². The van der Waals surface area contributed by atoms with Crippen molar-refractivity contribution in [2.45, 2.75) is 6.61 Å². The number of halogens is 2. The molecule has 0 aromatic heterocycles. The normalized spacial score (nSPS) is 10.8. The third kappa shape index (κ3) is 5.25. The van der Waals surface area contributed by atoms with Gasteiger partial charge in [0.15, 0.2) is 0 Å². The molecule has 28 heavy (non-hydrogen) atoms. The quantitative estimate of drug-likeness (QED) is 0.383. The predicted molar refractivity (Wildman–Crippen MR) is 112 cm³/mol. The molecule has 3 rings (SSSR count). The number of hydrogen-bond donors (Lipinski definition) is 2. The van der Waals surface area contributed by atoms with Crippen molar-refractivity contribution >= 4 is 41.1 Å². The van der Waals surface area contributed by atoms with E-state index >= 15 is 0 Å². The number of ether oxygens (including phenoxy) is 1. The van der Waals surface area contributed by atoms with E-state index in [4.69, 9.17) is 33.0 Å². The van der Waals surface area contributed by atoms with Gasteiger partial charge < -0.3 is 9.84 Å². The highest BCUT2D eigenvalue weighted by atomic mass is 35.5. The van der Waals surface area contributed by atoms with Crippen LogP contribution in [0.25, 0.3) is 0 Å². The van der Waals surface area contributed by atoms with Gasteiger partial charge in [0.05, 0.1) is 17.5 Å². The largest absolute Gasteiger partial charge is 0.488 e. The van der Waals surface area contributed by atoms with E-state index in [9.17, 15) is 4.79 Å². The first-order valence-corrected chi connectivity index (χ1v) is 9.07. The number of aromatic carboxylic acids is 1. The van der Waals surface area contributed by atoms with Gasteiger partial charge >= 0.3 is 5.97 Å². The first-order valence-electron chi connectivity index (χ1n) is 8.31. The molecule has 2 N–H and O–H groups in total. The Labute approximate surface area is 172 Å². The van der Waals surface area contributed by atoms with Crippen molar-refractivity contribution in [1.29, 1.82) is 0 Å². The lowest BCUT2D eigenvalue weighted by molar-refractivity contribution is 0.0697. The second-order valence-electron chi connectivity index (χ2n) is 5.82. The van der Waals surface area contributed by atoms with Crippen LogP contribution in [0, 0.1) is 0 Å². The van der Waals surface area contributed by atoms with Crippen molar-refractivity contribution in [2.24, 2.45) is 5.10 Å². The molecule has 3 aromatic carbocycles. The monoisotopic (exact) mass is 414 g/mol. The second-order valence-corrected chi connectivity index (χ2v) is 6.66. The van der Waals surface area contributed by atoms with Crippen LogP contribution in [-0.2, 0) is 6.61 Å². The maximum atomic E-state index is 11.0. The molecule has 0 fully saturated rings. The number of nitrogens with one attached hydrogen (secondary N) is 1. The van der Waals surface area contributed by atoms with Gasteiger partial charge in [-0.25, -0.2) is 4.79 Å². The summed E-state index contributed by atoms with van der Waals surface area (Å²) >= 11 is 12.1. The first kappa shape index (κ1) is 19.7. The first-order chi connectivity index (χ1) is 13.5. The van der Waals surface area contributed by atoms with Gasteiger partial charge in [-0.2, -0.15) is 5.10 Å². The Kier molecular flexibility index (Phi) is 6.53. The van der Waals surface area contributed by atoms with Crippen LogP contribution in [0.15, 0.2) is 71.8 Å². The van der Waals surface area contributed by atoms with E-state index in [1.54, 1.807) is 30.5 Å². The number of nitrogens with zero attached hydrogens (tertiary/aromatic N) is 1. The lowest BCUT2D eigenvalue weighted by atomic mass is 10.2. The van der Waals surface area contributed by atoms with Crippen molar-refractivity contribution < 1.29 is 14.6 Å². The number of benzene rings is 3. The fraction of sp³-hybridized carbons (Fsp3) is 0.0476. The van der Waals surface area contributed by atoms with Crippen LogP contribution in [0.3, 0.4) is 0 Å². The maximum Gasteiger partial charge on any atom is 0.335 e. The zero-order valence-electron chi connectivity index (χ0n) is 14.6. The predicted octanol–water partition coefficient (Wildman–Crippen LogP) is 5.72. The highest BCUT2D eigenvalue weighted by molar-refractivity contribution is 6.35. The van der Waals surface area contributed by atoms with Crippen LogP contribution >= 0.6 is 23.2 Å².